The zero-order chi connectivity index (χ0) is 83.1. The Morgan fingerprint density at radius 3 is 1.78 bits per heavy atom. The predicted octanol–water partition coefficient (Wildman–Crippen LogP) is -0.312. The number of aryl methyl sites for hydroxylation is 2. The molecule has 8 aliphatic rings. The highest BCUT2D eigenvalue weighted by atomic mass is 16.8. The van der Waals surface area contributed by atoms with Gasteiger partial charge in [0.05, 0.1) is 31.8 Å². The molecule has 5 aromatic rings. The van der Waals surface area contributed by atoms with Gasteiger partial charge in [0.25, 0.3) is 0 Å². The number of carbonyl (C=O) groups excluding carboxylic acids is 9. The Hall–Kier alpha value is -10.5. The van der Waals surface area contributed by atoms with E-state index in [2.05, 4.69) is 31.9 Å². The molecule has 22 atom stereocenters. The van der Waals surface area contributed by atoms with Crippen molar-refractivity contribution in [3.05, 3.63) is 129 Å². The van der Waals surface area contributed by atoms with Gasteiger partial charge in [-0.1, -0.05) is 52.0 Å². The predicted molar refractivity (Wildman–Crippen MR) is 394 cm³/mol. The van der Waals surface area contributed by atoms with Gasteiger partial charge in [0.2, 0.25) is 59.7 Å². The minimum absolute atomic E-state index is 0.0310. The number of benzene rings is 5. The van der Waals surface area contributed by atoms with E-state index >= 15 is 24.0 Å². The van der Waals surface area contributed by atoms with Crippen LogP contribution in [0.1, 0.15) is 122 Å². The lowest BCUT2D eigenvalue weighted by Crippen LogP contribution is -2.65. The first-order valence-electron chi connectivity index (χ1n) is 36.8. The van der Waals surface area contributed by atoms with E-state index in [1.807, 2.05) is 13.8 Å². The first kappa shape index (κ1) is 84.5. The van der Waals surface area contributed by atoms with E-state index in [1.165, 1.54) is 63.2 Å². The quantitative estimate of drug-likeness (QED) is 0.0531. The van der Waals surface area contributed by atoms with Crippen molar-refractivity contribution in [2.45, 2.75) is 196 Å². The molecule has 13 rings (SSSR count). The molecule has 19 N–H and O–H groups in total. The van der Waals surface area contributed by atoms with Crippen LogP contribution in [0.25, 0.3) is 11.1 Å². The molecule has 8 heterocycles. The number of ether oxygens (including phenoxy) is 8. The molecular formula is C78H94N8O28. The summed E-state index contributed by atoms with van der Waals surface area (Å²) in [7, 11) is 3.23. The summed E-state index contributed by atoms with van der Waals surface area (Å²) in [5.74, 6) is -14.9. The highest BCUT2D eigenvalue weighted by Gasteiger charge is 2.54. The summed E-state index contributed by atoms with van der Waals surface area (Å²) in [4.78, 5) is 133. The van der Waals surface area contributed by atoms with Crippen LogP contribution in [-0.2, 0) is 66.8 Å². The minimum Gasteiger partial charge on any atom is -0.508 e. The summed E-state index contributed by atoms with van der Waals surface area (Å²) in [6.07, 6.45) is -23.8. The fourth-order valence-electron chi connectivity index (χ4n) is 14.5. The van der Waals surface area contributed by atoms with Crippen LogP contribution < -0.4 is 51.8 Å². The maximum absolute atomic E-state index is 16.2. The molecule has 36 nitrogen and oxygen atoms in total. The lowest BCUT2D eigenvalue weighted by Gasteiger charge is -2.47. The van der Waals surface area contributed by atoms with Gasteiger partial charge in [-0.3, -0.25) is 48.1 Å². The van der Waals surface area contributed by atoms with E-state index in [0.717, 1.165) is 37.3 Å². The first-order chi connectivity index (χ1) is 53.9. The van der Waals surface area contributed by atoms with Crippen molar-refractivity contribution in [3.63, 3.8) is 0 Å². The number of likely N-dealkylation sites (N-methyl/N-ethyl adjacent to an activating group) is 1. The molecule has 11 bridgehead atoms. The number of ketones is 1. The largest absolute Gasteiger partial charge is 0.508 e. The van der Waals surface area contributed by atoms with Crippen molar-refractivity contribution < 1.29 is 137 Å². The monoisotopic (exact) mass is 1590 g/mol. The SMILES string of the molecule is CC(=O)[C@@H]1NC(=O)[C@H]2NC(=O)[C@H](NC(=O)[C@@H]3NC(=O)[C@H](CC(N)=O)NC(=O)[C@H](NC(=O)[C@@H](CC(C)C)N(C)C)[C@H](O)c4ccc(c(C)c4)Oc4cc3cc(c4O[C@@H]3O[C@H](CO)[C@@H](O[C@@H]4O[C@H](CO)[C@@H](O[C@@H]5OC(C=O)=C[C@H](O)[C@H]5C)[C@H](O)[C@H]4O)[C@H](O)[C@H]3O)Oc3ccc(cc3C)[C@H]2C)c2ccc(O)c(c2)-c2c1cc(O)c(C)c2O. The summed E-state index contributed by atoms with van der Waals surface area (Å²) >= 11 is 0. The molecule has 0 unspecified atom stereocenters. The van der Waals surface area contributed by atoms with E-state index in [9.17, 15) is 75.3 Å². The number of fused-ring (bicyclic) bond motifs is 15. The Morgan fingerprint density at radius 1 is 0.640 bits per heavy atom. The Labute approximate surface area is 652 Å². The Balaban J connectivity index is 1.08. The highest BCUT2D eigenvalue weighted by molar-refractivity contribution is 6.01. The fourth-order valence-corrected chi connectivity index (χ4v) is 14.5. The third-order valence-corrected chi connectivity index (χ3v) is 21.1. The number of carbonyl (C=O) groups is 9. The number of nitrogens with zero attached hydrogens (tertiary/aromatic N) is 1. The number of Topliss-reactive ketones (excluding diaryl/α,β-unsaturated/α-hetero) is 1. The number of rotatable bonds is 17. The molecule has 5 aromatic carbocycles. The van der Waals surface area contributed by atoms with Crippen LogP contribution >= 0.6 is 0 Å². The molecule has 0 aromatic heterocycles. The van der Waals surface area contributed by atoms with Gasteiger partial charge < -0.3 is 132 Å². The van der Waals surface area contributed by atoms with Gasteiger partial charge in [-0.25, -0.2) is 0 Å². The van der Waals surface area contributed by atoms with Gasteiger partial charge in [0.1, 0.15) is 120 Å². The van der Waals surface area contributed by atoms with Crippen molar-refractivity contribution >= 4 is 53.4 Å². The van der Waals surface area contributed by atoms with Gasteiger partial charge in [-0.05, 0) is 148 Å². The summed E-state index contributed by atoms with van der Waals surface area (Å²) in [6.45, 7) is 10.2. The number of hydrogen-bond donors (Lipinski definition) is 18. The number of nitrogens with two attached hydrogens (primary N) is 1. The normalized spacial score (nSPS) is 30.1. The number of amides is 7. The Morgan fingerprint density at radius 2 is 1.20 bits per heavy atom. The van der Waals surface area contributed by atoms with Crippen LogP contribution in [-0.4, -0.2) is 240 Å². The number of aliphatic hydroxyl groups is 8. The second kappa shape index (κ2) is 34.7. The zero-order valence-electron chi connectivity index (χ0n) is 63.6. The highest BCUT2D eigenvalue weighted by Crippen LogP contribution is 2.50. The molecule has 36 heteroatoms. The first-order valence-corrected chi connectivity index (χ1v) is 36.8. The number of primary amides is 1. The van der Waals surface area contributed by atoms with Crippen LogP contribution in [0.3, 0.4) is 0 Å². The van der Waals surface area contributed by atoms with Gasteiger partial charge in [-0.15, -0.1) is 0 Å². The number of aliphatic hydroxyl groups excluding tert-OH is 8. The second-order valence-electron chi connectivity index (χ2n) is 29.9. The van der Waals surface area contributed by atoms with Gasteiger partial charge >= 0.3 is 0 Å². The molecule has 2 saturated heterocycles. The zero-order valence-corrected chi connectivity index (χ0v) is 63.6. The molecule has 0 spiro atoms. The number of aromatic hydroxyl groups is 3. The maximum atomic E-state index is 16.2. The van der Waals surface area contributed by atoms with E-state index < -0.39 is 241 Å². The molecule has 0 aliphatic carbocycles. The Kier molecular flexibility index (Phi) is 25.7. The van der Waals surface area contributed by atoms with E-state index in [1.54, 1.807) is 38.9 Å². The molecule has 7 amide bonds. The average Bonchev–Trinajstić information content (AvgIpc) is 0.767. The van der Waals surface area contributed by atoms with Crippen molar-refractivity contribution in [1.29, 1.82) is 0 Å². The number of aldehydes is 1. The Bertz CT molecular complexity index is 4570. The smallest absolute Gasteiger partial charge is 0.248 e. The third-order valence-electron chi connectivity index (χ3n) is 21.1. The number of allylic oxidation sites excluding steroid dienone is 1. The molecule has 0 radical (unpaired) electrons. The number of nitrogens with one attached hydrogen (secondary N) is 6. The van der Waals surface area contributed by atoms with Crippen molar-refractivity contribution in [2.24, 2.45) is 17.6 Å². The van der Waals surface area contributed by atoms with Crippen LogP contribution in [0.2, 0.25) is 0 Å². The summed E-state index contributed by atoms with van der Waals surface area (Å²) in [5.41, 5.74) is 4.93. The maximum Gasteiger partial charge on any atom is 0.248 e. The second-order valence-corrected chi connectivity index (χ2v) is 29.9. The lowest BCUT2D eigenvalue weighted by molar-refractivity contribution is -0.364. The van der Waals surface area contributed by atoms with Crippen molar-refractivity contribution in [1.82, 2.24) is 36.8 Å². The summed E-state index contributed by atoms with van der Waals surface area (Å²) < 4.78 is 49.8. The molecular weight excluding hydrogens is 1500 g/mol. The van der Waals surface area contributed by atoms with Crippen molar-refractivity contribution in [2.75, 3.05) is 27.3 Å². The topological polar surface area (TPSA) is 551 Å². The van der Waals surface area contributed by atoms with Gasteiger partial charge in [0, 0.05) is 28.5 Å². The lowest BCUT2D eigenvalue weighted by atomic mass is 9.86. The fraction of sp³-hybridized carbons (Fsp3) is 0.474. The van der Waals surface area contributed by atoms with Crippen LogP contribution in [0.4, 0.5) is 0 Å². The molecule has 114 heavy (non-hydrogen) atoms. The van der Waals surface area contributed by atoms with Crippen LogP contribution in [0, 0.1) is 32.6 Å². The van der Waals surface area contributed by atoms with E-state index in [4.69, 9.17) is 43.6 Å². The van der Waals surface area contributed by atoms with Gasteiger partial charge in [-0.2, -0.15) is 0 Å². The van der Waals surface area contributed by atoms with E-state index in [0.29, 0.717) is 11.8 Å². The van der Waals surface area contributed by atoms with Crippen molar-refractivity contribution in [3.8, 4) is 57.1 Å². The number of phenolic OH excluding ortho intramolecular Hbond substituents is 3. The van der Waals surface area contributed by atoms with Crippen LogP contribution in [0.5, 0.6) is 46.0 Å². The number of hydrogen-bond acceptors (Lipinski definition) is 29. The molecule has 8 aliphatic heterocycles. The minimum atomic E-state index is -2.30. The van der Waals surface area contributed by atoms with Gasteiger partial charge in [0.15, 0.2) is 35.6 Å². The standard InChI is InChI=1S/C78H94N8O28/c1-29(2)17-44(86(9)10)71(102)85-60-62(96)38-13-16-49(31(4)19-38)109-51-22-39-21-50(67(51)112-77-65(99)64(98)69(53(28-89)110-77)114-78-66(100)63(97)68(52(27-88)111-78)113-76-34(7)46(92)23-40(26-87)107-76)108-48-15-12-36(18-30(48)3)32(5)56-72(103)82-57(35(8)90)42-24-47(93)33(6)61(95)55(42)41-20-37(11-14-45(41)91)58(73(104)81-56)84-74(105)59(39)83-70(101)43(25-54(79)94)80-75(60)106/h11-16,18-24,26,29,32,34,43-44,46,52-53,56-60,62-66,68-69,76-78,88-89,91-93,95-100H,17,25,27-28H2,1-10H3,(H2,79,94)(H,80,106)(H,81,104)(H,82,103)(H,83,101)(H,84,105)(H,85,102)/t32-,34-,43+,44-,46+,52-,53-,56+,57+,58-,59-,60-,62-,63-,64-,65-,66-,68-,69-,76+,77+,78+/m1/s1. The third kappa shape index (κ3) is 17.5. The summed E-state index contributed by atoms with van der Waals surface area (Å²) in [5, 5.41) is 143. The average molecular weight is 1590 g/mol. The number of phenols is 3. The summed E-state index contributed by atoms with van der Waals surface area (Å²) in [6, 6.07) is 2.53. The molecule has 2 fully saturated rings. The van der Waals surface area contributed by atoms with Crippen LogP contribution in [0.15, 0.2) is 84.6 Å². The van der Waals surface area contributed by atoms with E-state index in [-0.39, 0.29) is 74.1 Å². The molecule has 0 saturated carbocycles. The molecule has 614 valence electrons.